The van der Waals surface area contributed by atoms with Crippen molar-refractivity contribution in [2.75, 3.05) is 23.3 Å². The number of nitrogens with one attached hydrogen (secondary N) is 1. The van der Waals surface area contributed by atoms with E-state index in [2.05, 4.69) is 27.1 Å². The van der Waals surface area contributed by atoms with Crippen LogP contribution in [-0.2, 0) is 5.60 Å². The molecule has 0 radical (unpaired) electrons. The number of piperidine rings is 1. The van der Waals surface area contributed by atoms with Crippen LogP contribution in [0.5, 0.6) is 0 Å². The Morgan fingerprint density at radius 1 is 1.23 bits per heavy atom. The summed E-state index contributed by atoms with van der Waals surface area (Å²) >= 11 is 1.62. The Hall–Kier alpha value is -2.58. The second-order valence-corrected chi connectivity index (χ2v) is 9.60. The first-order valence-electron chi connectivity index (χ1n) is 10.2. The third-order valence-electron chi connectivity index (χ3n) is 5.47. The Morgan fingerprint density at radius 3 is 2.63 bits per heavy atom. The number of hydrogen-bond donors (Lipinski definition) is 2. The van der Waals surface area contributed by atoms with E-state index in [1.54, 1.807) is 38.3 Å². The van der Waals surface area contributed by atoms with Crippen molar-refractivity contribution in [2.45, 2.75) is 46.1 Å². The van der Waals surface area contributed by atoms with Gasteiger partial charge in [0.05, 0.1) is 27.7 Å². The van der Waals surface area contributed by atoms with Gasteiger partial charge in [0.1, 0.15) is 5.69 Å². The van der Waals surface area contributed by atoms with Gasteiger partial charge >= 0.3 is 0 Å². The summed E-state index contributed by atoms with van der Waals surface area (Å²) in [4.78, 5) is 28.2. The second kappa shape index (κ2) is 7.92. The van der Waals surface area contributed by atoms with Gasteiger partial charge in [0.15, 0.2) is 5.13 Å². The van der Waals surface area contributed by atoms with Crippen molar-refractivity contribution < 1.29 is 9.90 Å². The van der Waals surface area contributed by atoms with Crippen molar-refractivity contribution in [3.63, 3.8) is 0 Å². The number of nitrogens with zero attached hydrogens (tertiary/aromatic N) is 4. The predicted octanol–water partition coefficient (Wildman–Crippen LogP) is 4.11. The predicted molar refractivity (Wildman–Crippen MR) is 120 cm³/mol. The zero-order chi connectivity index (χ0) is 21.5. The van der Waals surface area contributed by atoms with Crippen LogP contribution in [0.25, 0.3) is 10.2 Å². The molecule has 2 aromatic heterocycles. The maximum absolute atomic E-state index is 12.7. The maximum atomic E-state index is 12.7. The molecular formula is C22H27N5O2S. The molecule has 0 bridgehead atoms. The molecule has 8 heteroatoms. The molecule has 1 aliphatic rings. The Labute approximate surface area is 180 Å². The van der Waals surface area contributed by atoms with E-state index >= 15 is 0 Å². The minimum absolute atomic E-state index is 0.240. The molecule has 0 atom stereocenters. The first kappa shape index (κ1) is 20.7. The summed E-state index contributed by atoms with van der Waals surface area (Å²) < 4.78 is 0.974. The topological polar surface area (TPSA) is 91.2 Å². The van der Waals surface area contributed by atoms with Crippen LogP contribution in [0.1, 0.15) is 55.4 Å². The monoisotopic (exact) mass is 425 g/mol. The molecule has 0 spiro atoms. The van der Waals surface area contributed by atoms with Gasteiger partial charge in [-0.15, -0.1) is 0 Å². The van der Waals surface area contributed by atoms with Gasteiger partial charge in [-0.25, -0.2) is 9.97 Å². The van der Waals surface area contributed by atoms with Gasteiger partial charge in [0.2, 0.25) is 0 Å². The van der Waals surface area contributed by atoms with Crippen molar-refractivity contribution in [2.24, 2.45) is 5.92 Å². The normalized spacial score (nSPS) is 15.6. The minimum atomic E-state index is -1.14. The number of aryl methyl sites for hydroxylation is 1. The maximum Gasteiger partial charge on any atom is 0.275 e. The molecule has 1 fully saturated rings. The van der Waals surface area contributed by atoms with E-state index in [9.17, 15) is 9.90 Å². The summed E-state index contributed by atoms with van der Waals surface area (Å²) in [7, 11) is 0. The summed E-state index contributed by atoms with van der Waals surface area (Å²) in [5, 5.41) is 14.6. The van der Waals surface area contributed by atoms with E-state index in [1.165, 1.54) is 19.0 Å². The number of fused-ring (bicyclic) bond motifs is 1. The summed E-state index contributed by atoms with van der Waals surface area (Å²) in [6.45, 7) is 9.51. The average Bonchev–Trinajstić information content (AvgIpc) is 3.10. The Balaban J connectivity index is 1.69. The first-order valence-corrected chi connectivity index (χ1v) is 11.0. The van der Waals surface area contributed by atoms with Crippen molar-refractivity contribution in [1.82, 2.24) is 15.0 Å². The molecule has 3 aromatic rings. The lowest BCUT2D eigenvalue weighted by Gasteiger charge is -2.29. The van der Waals surface area contributed by atoms with Gasteiger partial charge in [-0.2, -0.15) is 0 Å². The van der Waals surface area contributed by atoms with Crippen LogP contribution >= 0.6 is 11.3 Å². The van der Waals surface area contributed by atoms with E-state index in [4.69, 9.17) is 4.98 Å². The van der Waals surface area contributed by atoms with Crippen LogP contribution < -0.4 is 10.2 Å². The largest absolute Gasteiger partial charge is 0.386 e. The van der Waals surface area contributed by atoms with Crippen molar-refractivity contribution >= 4 is 38.3 Å². The van der Waals surface area contributed by atoms with Gasteiger partial charge in [-0.05, 0) is 51.7 Å². The number of rotatable bonds is 4. The molecule has 3 heterocycles. The van der Waals surface area contributed by atoms with E-state index in [-0.39, 0.29) is 11.6 Å². The van der Waals surface area contributed by atoms with E-state index < -0.39 is 5.60 Å². The molecule has 1 saturated heterocycles. The fourth-order valence-corrected chi connectivity index (χ4v) is 4.70. The number of carbonyl (C=O) groups is 1. The Bertz CT molecular complexity index is 1080. The van der Waals surface area contributed by atoms with Crippen LogP contribution in [0.15, 0.2) is 24.5 Å². The van der Waals surface area contributed by atoms with Crippen LogP contribution in [0.2, 0.25) is 0 Å². The highest BCUT2D eigenvalue weighted by Gasteiger charge is 2.25. The molecule has 4 rings (SSSR count). The molecule has 7 nitrogen and oxygen atoms in total. The van der Waals surface area contributed by atoms with Crippen LogP contribution in [-0.4, -0.2) is 39.1 Å². The molecule has 2 N–H and O–H groups in total. The molecule has 1 amide bonds. The zero-order valence-electron chi connectivity index (χ0n) is 17.8. The number of carbonyl (C=O) groups excluding carboxylic acids is 1. The van der Waals surface area contributed by atoms with Gasteiger partial charge < -0.3 is 15.3 Å². The van der Waals surface area contributed by atoms with Crippen LogP contribution in [0, 0.1) is 12.8 Å². The van der Waals surface area contributed by atoms with Crippen LogP contribution in [0.4, 0.5) is 10.8 Å². The fraction of sp³-hybridized carbons (Fsp3) is 0.455. The Morgan fingerprint density at radius 2 is 1.97 bits per heavy atom. The summed E-state index contributed by atoms with van der Waals surface area (Å²) in [5.74, 6) is 0.398. The van der Waals surface area contributed by atoms with Crippen molar-refractivity contribution in [3.8, 4) is 0 Å². The lowest BCUT2D eigenvalue weighted by atomic mass is 9.96. The van der Waals surface area contributed by atoms with Crippen LogP contribution in [0.3, 0.4) is 0 Å². The molecule has 0 aliphatic carbocycles. The van der Waals surface area contributed by atoms with Crippen molar-refractivity contribution in [3.05, 3.63) is 41.5 Å². The lowest BCUT2D eigenvalue weighted by Crippen LogP contribution is -2.32. The van der Waals surface area contributed by atoms with Gasteiger partial charge in [-0.3, -0.25) is 9.78 Å². The highest BCUT2D eigenvalue weighted by Crippen LogP contribution is 2.37. The SMILES string of the molecule is Cc1cncc(C(=O)Nc2cc3sc(N4CCC(C)CC4)nc3cc2C(C)(C)O)n1. The number of thiazole rings is 1. The van der Waals surface area contributed by atoms with E-state index in [0.717, 1.165) is 34.4 Å². The second-order valence-electron chi connectivity index (χ2n) is 8.59. The molecule has 0 saturated carbocycles. The minimum Gasteiger partial charge on any atom is -0.386 e. The number of benzene rings is 1. The smallest absolute Gasteiger partial charge is 0.275 e. The molecule has 158 valence electrons. The molecule has 1 aromatic carbocycles. The number of anilines is 2. The van der Waals surface area contributed by atoms with Crippen molar-refractivity contribution in [1.29, 1.82) is 0 Å². The molecule has 30 heavy (non-hydrogen) atoms. The van der Waals surface area contributed by atoms with Gasteiger partial charge in [-0.1, -0.05) is 18.3 Å². The summed E-state index contributed by atoms with van der Waals surface area (Å²) in [5.41, 5.74) is 1.78. The number of aromatic nitrogens is 3. The third kappa shape index (κ3) is 4.29. The first-order chi connectivity index (χ1) is 14.2. The van der Waals surface area contributed by atoms with Gasteiger partial charge in [0, 0.05) is 30.5 Å². The van der Waals surface area contributed by atoms with E-state index in [1.807, 2.05) is 12.1 Å². The Kier molecular flexibility index (Phi) is 5.46. The lowest BCUT2D eigenvalue weighted by molar-refractivity contribution is 0.0794. The molecule has 0 unspecified atom stereocenters. The quantitative estimate of drug-likeness (QED) is 0.654. The molecule has 1 aliphatic heterocycles. The number of aliphatic hydroxyl groups is 1. The summed E-state index contributed by atoms with van der Waals surface area (Å²) in [6, 6.07) is 3.77. The zero-order valence-corrected chi connectivity index (χ0v) is 18.6. The van der Waals surface area contributed by atoms with Gasteiger partial charge in [0.25, 0.3) is 5.91 Å². The fourth-order valence-electron chi connectivity index (χ4n) is 3.67. The summed E-state index contributed by atoms with van der Waals surface area (Å²) in [6.07, 6.45) is 5.38. The standard InChI is InChI=1S/C22H27N5O2S/c1-13-5-7-27(8-6-13)21-26-17-9-15(22(3,4)29)16(10-19(17)30-21)25-20(28)18-12-23-11-14(2)24-18/h9-13,29H,5-8H2,1-4H3,(H,25,28). The third-order valence-corrected chi connectivity index (χ3v) is 6.54. The highest BCUT2D eigenvalue weighted by molar-refractivity contribution is 7.22. The molecular weight excluding hydrogens is 398 g/mol. The number of hydrogen-bond acceptors (Lipinski definition) is 7. The highest BCUT2D eigenvalue weighted by atomic mass is 32.1. The number of amides is 1. The van der Waals surface area contributed by atoms with E-state index in [0.29, 0.717) is 16.9 Å². The average molecular weight is 426 g/mol.